The number of thiocarbonyl (C=S) groups is 1. The van der Waals surface area contributed by atoms with Crippen LogP contribution in [0, 0.1) is 0 Å². The van der Waals surface area contributed by atoms with E-state index in [9.17, 15) is 4.79 Å². The Kier molecular flexibility index (Phi) is 3.34. The molecule has 0 radical (unpaired) electrons. The van der Waals surface area contributed by atoms with Crippen molar-refractivity contribution in [3.05, 3.63) is 36.0 Å². The number of fused-ring (bicyclic) bond motifs is 1. The van der Waals surface area contributed by atoms with Gasteiger partial charge in [-0.05, 0) is 12.1 Å². The smallest absolute Gasteiger partial charge is 0.241 e. The number of aromatic nitrogens is 1. The summed E-state index contributed by atoms with van der Waals surface area (Å²) < 4.78 is 1.90. The summed E-state index contributed by atoms with van der Waals surface area (Å²) in [7, 11) is 3.49. The van der Waals surface area contributed by atoms with E-state index in [1.165, 1.54) is 0 Å². The average molecular weight is 261 g/mol. The first-order chi connectivity index (χ1) is 8.50. The van der Waals surface area contributed by atoms with E-state index in [2.05, 4.69) is 0 Å². The van der Waals surface area contributed by atoms with Crippen molar-refractivity contribution in [2.75, 3.05) is 14.1 Å². The van der Waals surface area contributed by atoms with E-state index in [1.54, 1.807) is 19.0 Å². The Hall–Kier alpha value is -1.88. The van der Waals surface area contributed by atoms with Gasteiger partial charge in [-0.15, -0.1) is 0 Å². The van der Waals surface area contributed by atoms with Crippen LogP contribution < -0.4 is 5.73 Å². The van der Waals surface area contributed by atoms with Gasteiger partial charge in [0.1, 0.15) is 11.5 Å². The Morgan fingerprint density at radius 2 is 2.11 bits per heavy atom. The molecule has 18 heavy (non-hydrogen) atoms. The van der Waals surface area contributed by atoms with Gasteiger partial charge >= 0.3 is 0 Å². The van der Waals surface area contributed by atoms with Crippen LogP contribution in [0.2, 0.25) is 0 Å². The second-order valence-corrected chi connectivity index (χ2v) is 4.77. The maximum atomic E-state index is 11.7. The van der Waals surface area contributed by atoms with Crippen molar-refractivity contribution in [1.82, 2.24) is 9.47 Å². The maximum absolute atomic E-state index is 11.7. The maximum Gasteiger partial charge on any atom is 0.241 e. The van der Waals surface area contributed by atoms with Gasteiger partial charge in [0.15, 0.2) is 0 Å². The molecule has 0 aliphatic heterocycles. The van der Waals surface area contributed by atoms with Crippen LogP contribution in [0.15, 0.2) is 30.5 Å². The minimum Gasteiger partial charge on any atom is -0.389 e. The van der Waals surface area contributed by atoms with Crippen molar-refractivity contribution in [2.45, 2.75) is 6.54 Å². The molecule has 0 fully saturated rings. The van der Waals surface area contributed by atoms with Gasteiger partial charge in [0.05, 0.1) is 0 Å². The highest BCUT2D eigenvalue weighted by Crippen LogP contribution is 2.20. The summed E-state index contributed by atoms with van der Waals surface area (Å²) in [6, 6.07) is 7.68. The molecule has 0 unspecified atom stereocenters. The number of nitrogens with two attached hydrogens (primary N) is 1. The van der Waals surface area contributed by atoms with E-state index in [0.717, 1.165) is 16.5 Å². The first kappa shape index (κ1) is 12.6. The Morgan fingerprint density at radius 1 is 1.39 bits per heavy atom. The second-order valence-electron chi connectivity index (χ2n) is 4.33. The quantitative estimate of drug-likeness (QED) is 0.849. The fourth-order valence-electron chi connectivity index (χ4n) is 1.86. The second kappa shape index (κ2) is 4.78. The van der Waals surface area contributed by atoms with E-state index in [-0.39, 0.29) is 5.91 Å². The van der Waals surface area contributed by atoms with E-state index in [0.29, 0.717) is 11.5 Å². The minimum atomic E-state index is 0.0493. The molecule has 2 aromatic rings. The SMILES string of the molecule is CN(C)C(=O)Cn1ccc2c(C(N)=S)cccc21. The summed E-state index contributed by atoms with van der Waals surface area (Å²) >= 11 is 5.02. The Balaban J connectivity index is 2.46. The normalized spacial score (nSPS) is 10.6. The number of nitrogens with zero attached hydrogens (tertiary/aromatic N) is 2. The number of carbonyl (C=O) groups excluding carboxylic acids is 1. The molecule has 5 heteroatoms. The zero-order chi connectivity index (χ0) is 13.3. The number of rotatable bonds is 3. The molecule has 1 aromatic carbocycles. The molecule has 0 atom stereocenters. The highest BCUT2D eigenvalue weighted by atomic mass is 32.1. The molecule has 1 amide bonds. The van der Waals surface area contributed by atoms with Gasteiger partial charge in [-0.3, -0.25) is 4.79 Å². The van der Waals surface area contributed by atoms with Gasteiger partial charge in [0, 0.05) is 36.8 Å². The van der Waals surface area contributed by atoms with Crippen molar-refractivity contribution in [3.63, 3.8) is 0 Å². The van der Waals surface area contributed by atoms with Crippen molar-refractivity contribution >= 4 is 34.0 Å². The van der Waals surface area contributed by atoms with Crippen LogP contribution in [0.4, 0.5) is 0 Å². The zero-order valence-electron chi connectivity index (χ0n) is 10.4. The molecule has 0 saturated heterocycles. The highest BCUT2D eigenvalue weighted by Gasteiger charge is 2.10. The predicted octanol–water partition coefficient (Wildman–Crippen LogP) is 1.36. The number of likely N-dealkylation sites (N-methyl/N-ethyl adjacent to an activating group) is 1. The Labute approximate surface area is 111 Å². The summed E-state index contributed by atoms with van der Waals surface area (Å²) in [6.45, 7) is 0.317. The molecular formula is C13H15N3OS. The van der Waals surface area contributed by atoms with Crippen LogP contribution in [-0.4, -0.2) is 34.5 Å². The van der Waals surface area contributed by atoms with E-state index < -0.39 is 0 Å². The summed E-state index contributed by atoms with van der Waals surface area (Å²) in [4.78, 5) is 13.7. The molecule has 2 rings (SSSR count). The zero-order valence-corrected chi connectivity index (χ0v) is 11.2. The Bertz CT molecular complexity index is 616. The van der Waals surface area contributed by atoms with E-state index in [1.807, 2.05) is 35.0 Å². The first-order valence-corrected chi connectivity index (χ1v) is 5.99. The number of amides is 1. The number of hydrogen-bond donors (Lipinski definition) is 1. The molecule has 0 aliphatic carbocycles. The number of hydrogen-bond acceptors (Lipinski definition) is 2. The molecule has 0 bridgehead atoms. The molecule has 2 N–H and O–H groups in total. The fourth-order valence-corrected chi connectivity index (χ4v) is 2.04. The summed E-state index contributed by atoms with van der Waals surface area (Å²) in [5.41, 5.74) is 7.50. The van der Waals surface area contributed by atoms with Gasteiger partial charge in [-0.2, -0.15) is 0 Å². The van der Waals surface area contributed by atoms with Gasteiger partial charge in [-0.1, -0.05) is 24.4 Å². The van der Waals surface area contributed by atoms with Crippen molar-refractivity contribution < 1.29 is 4.79 Å². The van der Waals surface area contributed by atoms with Crippen molar-refractivity contribution in [2.24, 2.45) is 5.73 Å². The van der Waals surface area contributed by atoms with Gasteiger partial charge in [0.25, 0.3) is 0 Å². The largest absolute Gasteiger partial charge is 0.389 e. The topological polar surface area (TPSA) is 51.3 Å². The third-order valence-electron chi connectivity index (χ3n) is 2.88. The summed E-state index contributed by atoms with van der Waals surface area (Å²) in [5, 5.41) is 0.983. The van der Waals surface area contributed by atoms with Gasteiger partial charge in [-0.25, -0.2) is 0 Å². The molecule has 0 aliphatic rings. The lowest BCUT2D eigenvalue weighted by molar-refractivity contribution is -0.129. The fraction of sp³-hybridized carbons (Fsp3) is 0.231. The molecule has 1 aromatic heterocycles. The minimum absolute atomic E-state index is 0.0493. The van der Waals surface area contributed by atoms with E-state index >= 15 is 0 Å². The van der Waals surface area contributed by atoms with Crippen LogP contribution in [0.25, 0.3) is 10.9 Å². The first-order valence-electron chi connectivity index (χ1n) is 5.58. The highest BCUT2D eigenvalue weighted by molar-refractivity contribution is 7.80. The molecule has 1 heterocycles. The lowest BCUT2D eigenvalue weighted by Crippen LogP contribution is -2.25. The lowest BCUT2D eigenvalue weighted by Gasteiger charge is -2.11. The van der Waals surface area contributed by atoms with Crippen LogP contribution in [0.1, 0.15) is 5.56 Å². The average Bonchev–Trinajstić information content (AvgIpc) is 2.72. The van der Waals surface area contributed by atoms with Crippen molar-refractivity contribution in [3.8, 4) is 0 Å². The van der Waals surface area contributed by atoms with Crippen LogP contribution >= 0.6 is 12.2 Å². The standard InChI is InChI=1S/C13H15N3OS/c1-15(2)12(17)8-16-7-6-9-10(13(14)18)4-3-5-11(9)16/h3-7H,8H2,1-2H3,(H2,14,18). The Morgan fingerprint density at radius 3 is 2.72 bits per heavy atom. The molecular weight excluding hydrogens is 246 g/mol. The third kappa shape index (κ3) is 2.22. The predicted molar refractivity (Wildman–Crippen MR) is 76.5 cm³/mol. The van der Waals surface area contributed by atoms with E-state index in [4.69, 9.17) is 18.0 Å². The summed E-state index contributed by atoms with van der Waals surface area (Å²) in [5.74, 6) is 0.0493. The molecule has 4 nitrogen and oxygen atoms in total. The number of benzene rings is 1. The molecule has 0 saturated carbocycles. The lowest BCUT2D eigenvalue weighted by atomic mass is 10.1. The van der Waals surface area contributed by atoms with Crippen LogP contribution in [0.5, 0.6) is 0 Å². The number of carbonyl (C=O) groups is 1. The molecule has 0 spiro atoms. The monoisotopic (exact) mass is 261 g/mol. The van der Waals surface area contributed by atoms with Gasteiger partial charge in [0.2, 0.25) is 5.91 Å². The van der Waals surface area contributed by atoms with Gasteiger partial charge < -0.3 is 15.2 Å². The third-order valence-corrected chi connectivity index (χ3v) is 3.10. The molecule has 94 valence electrons. The van der Waals surface area contributed by atoms with Crippen LogP contribution in [0.3, 0.4) is 0 Å². The van der Waals surface area contributed by atoms with Crippen molar-refractivity contribution in [1.29, 1.82) is 0 Å². The summed E-state index contributed by atoms with van der Waals surface area (Å²) in [6.07, 6.45) is 1.88. The van der Waals surface area contributed by atoms with Crippen LogP contribution in [-0.2, 0) is 11.3 Å².